The van der Waals surface area contributed by atoms with Crippen molar-refractivity contribution >= 4 is 21.5 Å². The van der Waals surface area contributed by atoms with Crippen LogP contribution in [-0.2, 0) is 18.7 Å². The van der Waals surface area contributed by atoms with Crippen LogP contribution in [0.5, 0.6) is 0 Å². The normalized spacial score (nSPS) is 19.9. The number of hydrogen-bond donors (Lipinski definition) is 6. The number of aldehydes is 1. The van der Waals surface area contributed by atoms with Crippen molar-refractivity contribution < 1.29 is 48.4 Å². The van der Waals surface area contributed by atoms with Crippen molar-refractivity contribution in [2.45, 2.75) is 17.1 Å². The molecular formula is C6H14O10P2. The lowest BCUT2D eigenvalue weighted by Gasteiger charge is -2.36. The van der Waals surface area contributed by atoms with E-state index in [0.717, 1.165) is 0 Å². The van der Waals surface area contributed by atoms with Crippen LogP contribution in [0, 0.1) is 0 Å². The molecule has 10 nitrogen and oxygen atoms in total. The number of hydrogen-bond acceptors (Lipinski definition) is 6. The van der Waals surface area contributed by atoms with Gasteiger partial charge in [0, 0.05) is 7.11 Å². The van der Waals surface area contributed by atoms with Crippen LogP contribution in [0.4, 0.5) is 0 Å². The fourth-order valence-electron chi connectivity index (χ4n) is 1.44. The smallest absolute Gasteiger partial charge is 0.365 e. The molecule has 0 aliphatic rings. The molecule has 3 atom stereocenters. The average Bonchev–Trinajstić information content (AvgIpc) is 2.21. The summed E-state index contributed by atoms with van der Waals surface area (Å²) in [6.45, 7) is -1.23. The Hall–Kier alpha value is -0.150. The number of aliphatic hydroxyl groups is 2. The summed E-state index contributed by atoms with van der Waals surface area (Å²) in [5.41, 5.74) is -2.60. The van der Waals surface area contributed by atoms with E-state index < -0.39 is 45.2 Å². The first-order valence-corrected chi connectivity index (χ1v) is 7.68. The number of rotatable bonds is 7. The summed E-state index contributed by atoms with van der Waals surface area (Å²) in [5, 5.41) is 14.7. The second kappa shape index (κ2) is 5.87. The maximum Gasteiger partial charge on any atom is 0.365 e. The van der Waals surface area contributed by atoms with E-state index in [1.165, 1.54) is 0 Å². The van der Waals surface area contributed by atoms with Crippen LogP contribution in [0.3, 0.4) is 0 Å². The third kappa shape index (κ3) is 3.24. The lowest BCUT2D eigenvalue weighted by molar-refractivity contribution is -0.124. The maximum absolute atomic E-state index is 11.2. The Bertz CT molecular complexity index is 384. The molecule has 0 aliphatic heterocycles. The van der Waals surface area contributed by atoms with Gasteiger partial charge < -0.3 is 34.5 Å². The quantitative estimate of drug-likeness (QED) is 0.219. The van der Waals surface area contributed by atoms with E-state index in [0.29, 0.717) is 7.11 Å². The first-order chi connectivity index (χ1) is 7.97. The van der Waals surface area contributed by atoms with Crippen molar-refractivity contribution in [3.05, 3.63) is 0 Å². The van der Waals surface area contributed by atoms with Crippen molar-refractivity contribution in [1.82, 2.24) is 0 Å². The third-order valence-electron chi connectivity index (χ3n) is 2.29. The van der Waals surface area contributed by atoms with E-state index in [1.807, 2.05) is 0 Å². The molecule has 0 aromatic rings. The zero-order valence-electron chi connectivity index (χ0n) is 9.15. The minimum absolute atomic E-state index is 0.490. The molecule has 0 radical (unpaired) electrons. The Morgan fingerprint density at radius 1 is 1.28 bits per heavy atom. The molecule has 0 saturated carbocycles. The zero-order valence-corrected chi connectivity index (χ0v) is 10.9. The van der Waals surface area contributed by atoms with Gasteiger partial charge in [-0.2, -0.15) is 0 Å². The SMILES string of the molecule is CO[C@](C=O)([C@@H]([C@H](O)CO)P(=O)(O)O)P(=O)(O)O. The van der Waals surface area contributed by atoms with Crippen LogP contribution in [0.25, 0.3) is 0 Å². The Morgan fingerprint density at radius 2 is 1.72 bits per heavy atom. The van der Waals surface area contributed by atoms with Gasteiger partial charge >= 0.3 is 15.2 Å². The summed E-state index contributed by atoms with van der Waals surface area (Å²) < 4.78 is 26.7. The van der Waals surface area contributed by atoms with Crippen LogP contribution in [0.15, 0.2) is 0 Å². The van der Waals surface area contributed by atoms with E-state index in [4.69, 9.17) is 24.7 Å². The molecule has 0 aromatic carbocycles. The van der Waals surface area contributed by atoms with Crippen molar-refractivity contribution in [2.24, 2.45) is 0 Å². The lowest BCUT2D eigenvalue weighted by Crippen LogP contribution is -2.52. The van der Waals surface area contributed by atoms with Crippen molar-refractivity contribution in [3.63, 3.8) is 0 Å². The molecule has 18 heavy (non-hydrogen) atoms. The van der Waals surface area contributed by atoms with Crippen LogP contribution in [-0.4, -0.2) is 66.9 Å². The summed E-state index contributed by atoms with van der Waals surface area (Å²) in [6, 6.07) is 0. The molecular weight excluding hydrogens is 294 g/mol. The molecule has 0 aromatic heterocycles. The molecule has 108 valence electrons. The molecule has 0 aliphatic carbocycles. The van der Waals surface area contributed by atoms with E-state index in [9.17, 15) is 19.0 Å². The molecule has 6 N–H and O–H groups in total. The highest BCUT2D eigenvalue weighted by Crippen LogP contribution is 2.61. The van der Waals surface area contributed by atoms with Crippen molar-refractivity contribution in [1.29, 1.82) is 0 Å². The minimum Gasteiger partial charge on any atom is -0.394 e. The summed E-state index contributed by atoms with van der Waals surface area (Å²) in [6.07, 6.45) is -2.75. The summed E-state index contributed by atoms with van der Waals surface area (Å²) in [4.78, 5) is 46.9. The Morgan fingerprint density at radius 3 is 1.89 bits per heavy atom. The van der Waals surface area contributed by atoms with Gasteiger partial charge in [0.2, 0.25) is 5.34 Å². The molecule has 0 bridgehead atoms. The predicted molar refractivity (Wildman–Crippen MR) is 56.8 cm³/mol. The van der Waals surface area contributed by atoms with E-state index in [-0.39, 0.29) is 0 Å². The first kappa shape index (κ1) is 17.8. The summed E-state index contributed by atoms with van der Waals surface area (Å²) in [5.74, 6) is 0. The van der Waals surface area contributed by atoms with Crippen LogP contribution < -0.4 is 0 Å². The highest BCUT2D eigenvalue weighted by atomic mass is 31.2. The molecule has 0 rings (SSSR count). The monoisotopic (exact) mass is 308 g/mol. The van der Waals surface area contributed by atoms with Gasteiger partial charge in [0.15, 0.2) is 6.29 Å². The molecule has 0 unspecified atom stereocenters. The van der Waals surface area contributed by atoms with Gasteiger partial charge in [0.1, 0.15) is 5.66 Å². The first-order valence-electron chi connectivity index (χ1n) is 4.39. The Kier molecular flexibility index (Phi) is 5.82. The largest absolute Gasteiger partial charge is 0.394 e. The van der Waals surface area contributed by atoms with Crippen molar-refractivity contribution in [2.75, 3.05) is 13.7 Å². The molecule has 0 spiro atoms. The Balaban J connectivity index is 6.05. The Labute approximate surface area is 102 Å². The molecule has 0 heterocycles. The number of methoxy groups -OCH3 is 1. The fourth-order valence-corrected chi connectivity index (χ4v) is 4.42. The van der Waals surface area contributed by atoms with Gasteiger partial charge in [-0.15, -0.1) is 0 Å². The number of aliphatic hydroxyl groups excluding tert-OH is 2. The predicted octanol–water partition coefficient (Wildman–Crippen LogP) is -2.39. The van der Waals surface area contributed by atoms with E-state index in [2.05, 4.69) is 4.74 Å². The molecule has 0 saturated heterocycles. The molecule has 0 amide bonds. The molecule has 12 heteroatoms. The van der Waals surface area contributed by atoms with Gasteiger partial charge in [0.05, 0.1) is 12.7 Å². The van der Waals surface area contributed by atoms with Gasteiger partial charge in [-0.25, -0.2) is 0 Å². The van der Waals surface area contributed by atoms with Gasteiger partial charge in [-0.3, -0.25) is 13.9 Å². The van der Waals surface area contributed by atoms with E-state index in [1.54, 1.807) is 0 Å². The second-order valence-electron chi connectivity index (χ2n) is 3.40. The number of carbonyl (C=O) groups is 1. The topological polar surface area (TPSA) is 182 Å². The average molecular weight is 308 g/mol. The standard InChI is InChI=1S/C6H14O10P2/c1-16-6(3-8,18(13,14)15)5(4(9)2-7)17(10,11)12/h3-5,7,9H,2H2,1H3,(H2,10,11,12)(H2,13,14,15)/t4-,5-,6+/m1/s1. The minimum atomic E-state index is -5.48. The van der Waals surface area contributed by atoms with Crippen LogP contribution >= 0.6 is 15.2 Å². The van der Waals surface area contributed by atoms with Gasteiger partial charge in [0.25, 0.3) is 0 Å². The zero-order chi connectivity index (χ0) is 14.8. The number of ether oxygens (including phenoxy) is 1. The maximum atomic E-state index is 11.2. The van der Waals surface area contributed by atoms with Gasteiger partial charge in [-0.05, 0) is 0 Å². The van der Waals surface area contributed by atoms with E-state index >= 15 is 0 Å². The molecule has 0 fully saturated rings. The highest BCUT2D eigenvalue weighted by Gasteiger charge is 2.62. The third-order valence-corrected chi connectivity index (χ3v) is 5.42. The van der Waals surface area contributed by atoms with Crippen LogP contribution in [0.2, 0.25) is 0 Å². The van der Waals surface area contributed by atoms with Crippen LogP contribution in [0.1, 0.15) is 0 Å². The summed E-state index contributed by atoms with van der Waals surface area (Å²) in [7, 11) is -10.2. The lowest BCUT2D eigenvalue weighted by atomic mass is 10.1. The van der Waals surface area contributed by atoms with Crippen molar-refractivity contribution in [3.8, 4) is 0 Å². The number of carbonyl (C=O) groups excluding carboxylic acids is 1. The van der Waals surface area contributed by atoms with Gasteiger partial charge in [-0.1, -0.05) is 0 Å². The highest BCUT2D eigenvalue weighted by molar-refractivity contribution is 7.58. The summed E-state index contributed by atoms with van der Waals surface area (Å²) >= 11 is 0. The second-order valence-corrected chi connectivity index (χ2v) is 6.92. The fraction of sp³-hybridized carbons (Fsp3) is 0.833.